The van der Waals surface area contributed by atoms with Gasteiger partial charge < -0.3 is 20.5 Å². The molecular formula is C21H27N5O. The van der Waals surface area contributed by atoms with Crippen LogP contribution in [0.5, 0.6) is 0 Å². The number of amides is 1. The molecule has 0 saturated heterocycles. The number of pyridine rings is 1. The first-order valence-corrected chi connectivity index (χ1v) is 9.31. The van der Waals surface area contributed by atoms with E-state index in [-0.39, 0.29) is 5.91 Å². The van der Waals surface area contributed by atoms with Crippen molar-refractivity contribution in [1.82, 2.24) is 20.2 Å². The number of rotatable bonds is 9. The maximum Gasteiger partial charge on any atom is 0.269 e. The minimum atomic E-state index is -0.146. The van der Waals surface area contributed by atoms with Crippen LogP contribution in [0.15, 0.2) is 48.8 Å². The lowest BCUT2D eigenvalue weighted by Crippen LogP contribution is -2.26. The zero-order chi connectivity index (χ0) is 19.1. The molecule has 2 heterocycles. The fourth-order valence-electron chi connectivity index (χ4n) is 3.03. The Morgan fingerprint density at radius 2 is 2.04 bits per heavy atom. The maximum atomic E-state index is 12.4. The number of carbonyl (C=O) groups excluding carboxylic acids is 1. The summed E-state index contributed by atoms with van der Waals surface area (Å²) >= 11 is 0. The Balaban J connectivity index is 1.50. The average molecular weight is 365 g/mol. The van der Waals surface area contributed by atoms with Gasteiger partial charge in [0.1, 0.15) is 5.69 Å². The van der Waals surface area contributed by atoms with Crippen molar-refractivity contribution < 1.29 is 4.79 Å². The van der Waals surface area contributed by atoms with E-state index in [2.05, 4.69) is 51.7 Å². The number of nitrogens with one attached hydrogen (secondary N) is 3. The molecule has 0 bridgehead atoms. The number of aromatic nitrogens is 2. The average Bonchev–Trinajstić information content (AvgIpc) is 3.08. The van der Waals surface area contributed by atoms with E-state index in [1.165, 1.54) is 10.9 Å². The van der Waals surface area contributed by atoms with Crippen LogP contribution < -0.4 is 10.6 Å². The highest BCUT2D eigenvalue weighted by atomic mass is 16.1. The first-order chi connectivity index (χ1) is 13.1. The second-order valence-electron chi connectivity index (χ2n) is 6.88. The molecule has 0 aliphatic carbocycles. The smallest absolute Gasteiger partial charge is 0.269 e. The number of para-hydroxylation sites is 1. The Labute approximate surface area is 160 Å². The summed E-state index contributed by atoms with van der Waals surface area (Å²) in [4.78, 5) is 22.0. The molecular weight excluding hydrogens is 338 g/mol. The number of aromatic amines is 1. The summed E-state index contributed by atoms with van der Waals surface area (Å²) in [6.07, 6.45) is 5.50. The Bertz CT molecular complexity index is 887. The molecule has 27 heavy (non-hydrogen) atoms. The van der Waals surface area contributed by atoms with Gasteiger partial charge in [-0.3, -0.25) is 9.78 Å². The molecule has 0 spiro atoms. The molecule has 2 aromatic heterocycles. The van der Waals surface area contributed by atoms with Crippen LogP contribution in [0.1, 0.15) is 22.5 Å². The molecule has 0 fully saturated rings. The van der Waals surface area contributed by atoms with Gasteiger partial charge >= 0.3 is 0 Å². The SMILES string of the molecule is CN(C)CCCNc1ccnc(C(=O)NCCc2c[nH]c3ccccc23)c1. The lowest BCUT2D eigenvalue weighted by atomic mass is 10.1. The summed E-state index contributed by atoms with van der Waals surface area (Å²) in [5, 5.41) is 7.51. The Kier molecular flexibility index (Phi) is 6.44. The first-order valence-electron chi connectivity index (χ1n) is 9.31. The number of hydrogen-bond acceptors (Lipinski definition) is 4. The first kappa shape index (κ1) is 18.9. The number of anilines is 1. The van der Waals surface area contributed by atoms with Gasteiger partial charge in [0.2, 0.25) is 0 Å². The lowest BCUT2D eigenvalue weighted by Gasteiger charge is -2.11. The summed E-state index contributed by atoms with van der Waals surface area (Å²) in [6.45, 7) is 2.46. The third-order valence-corrected chi connectivity index (χ3v) is 4.46. The van der Waals surface area contributed by atoms with E-state index in [1.807, 2.05) is 24.4 Å². The van der Waals surface area contributed by atoms with Crippen LogP contribution in [0, 0.1) is 0 Å². The largest absolute Gasteiger partial charge is 0.385 e. The van der Waals surface area contributed by atoms with Crippen LogP contribution in [-0.2, 0) is 6.42 Å². The van der Waals surface area contributed by atoms with Crippen LogP contribution in [0.25, 0.3) is 10.9 Å². The Morgan fingerprint density at radius 1 is 1.19 bits per heavy atom. The third kappa shape index (κ3) is 5.31. The lowest BCUT2D eigenvalue weighted by molar-refractivity contribution is 0.0949. The van der Waals surface area contributed by atoms with Crippen LogP contribution in [0.4, 0.5) is 5.69 Å². The molecule has 3 rings (SSSR count). The highest BCUT2D eigenvalue weighted by molar-refractivity contribution is 5.93. The van der Waals surface area contributed by atoms with Crippen molar-refractivity contribution in [2.24, 2.45) is 0 Å². The van der Waals surface area contributed by atoms with E-state index in [0.29, 0.717) is 12.2 Å². The van der Waals surface area contributed by atoms with Gasteiger partial charge in [0, 0.05) is 42.1 Å². The third-order valence-electron chi connectivity index (χ3n) is 4.46. The zero-order valence-electron chi connectivity index (χ0n) is 16.0. The van der Waals surface area contributed by atoms with Crippen molar-refractivity contribution in [1.29, 1.82) is 0 Å². The molecule has 6 heteroatoms. The van der Waals surface area contributed by atoms with Gasteiger partial charge in [0.25, 0.3) is 5.91 Å². The van der Waals surface area contributed by atoms with Crippen LogP contribution in [0.2, 0.25) is 0 Å². The Morgan fingerprint density at radius 3 is 2.89 bits per heavy atom. The highest BCUT2D eigenvalue weighted by Gasteiger charge is 2.09. The molecule has 0 atom stereocenters. The molecule has 0 unspecified atom stereocenters. The van der Waals surface area contributed by atoms with E-state index < -0.39 is 0 Å². The number of benzene rings is 1. The molecule has 0 saturated carbocycles. The second-order valence-corrected chi connectivity index (χ2v) is 6.88. The maximum absolute atomic E-state index is 12.4. The van der Waals surface area contributed by atoms with E-state index in [1.54, 1.807) is 12.3 Å². The fraction of sp³-hybridized carbons (Fsp3) is 0.333. The molecule has 0 aliphatic rings. The van der Waals surface area contributed by atoms with Gasteiger partial charge in [-0.2, -0.15) is 0 Å². The van der Waals surface area contributed by atoms with Crippen LogP contribution >= 0.6 is 0 Å². The minimum Gasteiger partial charge on any atom is -0.385 e. The van der Waals surface area contributed by atoms with Crippen LogP contribution in [0.3, 0.4) is 0 Å². The number of nitrogens with zero attached hydrogens (tertiary/aromatic N) is 2. The fourth-order valence-corrected chi connectivity index (χ4v) is 3.03. The summed E-state index contributed by atoms with van der Waals surface area (Å²) in [6, 6.07) is 11.9. The van der Waals surface area contributed by atoms with Gasteiger partial charge in [-0.1, -0.05) is 18.2 Å². The monoisotopic (exact) mass is 365 g/mol. The summed E-state index contributed by atoms with van der Waals surface area (Å²) in [5.74, 6) is -0.146. The zero-order valence-corrected chi connectivity index (χ0v) is 16.0. The van der Waals surface area contributed by atoms with Crippen molar-refractivity contribution >= 4 is 22.5 Å². The number of fused-ring (bicyclic) bond motifs is 1. The molecule has 1 amide bonds. The molecule has 0 radical (unpaired) electrons. The number of carbonyl (C=O) groups is 1. The van der Waals surface area contributed by atoms with Gasteiger partial charge in [-0.15, -0.1) is 0 Å². The second kappa shape index (κ2) is 9.19. The summed E-state index contributed by atoms with van der Waals surface area (Å²) < 4.78 is 0. The predicted octanol–water partition coefficient (Wildman–Crippen LogP) is 2.90. The summed E-state index contributed by atoms with van der Waals surface area (Å²) in [7, 11) is 4.12. The molecule has 6 nitrogen and oxygen atoms in total. The van der Waals surface area contributed by atoms with E-state index in [9.17, 15) is 4.79 Å². The molecule has 1 aromatic carbocycles. The van der Waals surface area contributed by atoms with Gasteiger partial charge in [0.05, 0.1) is 0 Å². The predicted molar refractivity (Wildman–Crippen MR) is 110 cm³/mol. The summed E-state index contributed by atoms with van der Waals surface area (Å²) in [5.41, 5.74) is 3.68. The van der Waals surface area contributed by atoms with Crippen molar-refractivity contribution in [2.75, 3.05) is 39.0 Å². The van der Waals surface area contributed by atoms with E-state index in [4.69, 9.17) is 0 Å². The van der Waals surface area contributed by atoms with Crippen molar-refractivity contribution in [3.8, 4) is 0 Å². The quantitative estimate of drug-likeness (QED) is 0.510. The van der Waals surface area contributed by atoms with Gasteiger partial charge in [0.15, 0.2) is 0 Å². The highest BCUT2D eigenvalue weighted by Crippen LogP contribution is 2.17. The topological polar surface area (TPSA) is 73.1 Å². The van der Waals surface area contributed by atoms with E-state index >= 15 is 0 Å². The van der Waals surface area contributed by atoms with Crippen LogP contribution in [-0.4, -0.2) is 54.5 Å². The van der Waals surface area contributed by atoms with Crippen molar-refractivity contribution in [2.45, 2.75) is 12.8 Å². The minimum absolute atomic E-state index is 0.146. The molecule has 0 aliphatic heterocycles. The molecule has 3 N–H and O–H groups in total. The number of hydrogen-bond donors (Lipinski definition) is 3. The van der Waals surface area contributed by atoms with Gasteiger partial charge in [-0.05, 0) is 57.2 Å². The van der Waals surface area contributed by atoms with Crippen molar-refractivity contribution in [3.05, 3.63) is 60.0 Å². The molecule has 142 valence electrons. The normalized spacial score (nSPS) is 11.1. The van der Waals surface area contributed by atoms with E-state index in [0.717, 1.165) is 37.1 Å². The standard InChI is InChI=1S/C21H27N5O/c1-26(2)13-5-10-22-17-9-12-23-20(14-17)21(27)24-11-8-16-15-25-19-7-4-3-6-18(16)19/h3-4,6-7,9,12,14-15,25H,5,8,10-11,13H2,1-2H3,(H,22,23)(H,24,27). The molecule has 3 aromatic rings. The number of H-pyrrole nitrogens is 1. The van der Waals surface area contributed by atoms with Gasteiger partial charge in [-0.25, -0.2) is 0 Å². The van der Waals surface area contributed by atoms with Crippen molar-refractivity contribution in [3.63, 3.8) is 0 Å². The Hall–Kier alpha value is -2.86.